The fourth-order valence-electron chi connectivity index (χ4n) is 1.35. The maximum absolute atomic E-state index is 12.0. The quantitative estimate of drug-likeness (QED) is 0.850. The van der Waals surface area contributed by atoms with Crippen molar-refractivity contribution >= 4 is 21.7 Å². The fraction of sp³-hybridized carbons (Fsp3) is 0.300. The molecule has 0 aliphatic carbocycles. The number of hydrogen-bond donors (Lipinski definition) is 2. The molecule has 0 saturated carbocycles. The third-order valence-corrected chi connectivity index (χ3v) is 3.68. The first-order valence-corrected chi connectivity index (χ1v) is 7.01. The van der Waals surface area contributed by atoms with E-state index in [1.54, 1.807) is 10.9 Å². The van der Waals surface area contributed by atoms with E-state index in [0.717, 1.165) is 12.4 Å². The van der Waals surface area contributed by atoms with E-state index in [9.17, 15) is 8.42 Å². The molecule has 0 spiro atoms. The second kappa shape index (κ2) is 4.84. The van der Waals surface area contributed by atoms with Crippen LogP contribution in [0.15, 0.2) is 29.7 Å². The third kappa shape index (κ3) is 2.99. The van der Waals surface area contributed by atoms with Gasteiger partial charge in [0.05, 0.1) is 24.3 Å². The van der Waals surface area contributed by atoms with Crippen LogP contribution in [0.1, 0.15) is 19.9 Å². The van der Waals surface area contributed by atoms with Crippen molar-refractivity contribution < 1.29 is 8.42 Å². The molecule has 0 amide bonds. The lowest BCUT2D eigenvalue weighted by Gasteiger charge is -2.05. The molecule has 0 atom stereocenters. The van der Waals surface area contributed by atoms with Crippen LogP contribution in [-0.2, 0) is 10.0 Å². The Labute approximate surface area is 110 Å². The minimum atomic E-state index is -3.73. The van der Waals surface area contributed by atoms with Gasteiger partial charge in [0.25, 0.3) is 10.0 Å². The lowest BCUT2D eigenvalue weighted by molar-refractivity contribution is 0.532. The third-order valence-electron chi connectivity index (χ3n) is 2.34. The summed E-state index contributed by atoms with van der Waals surface area (Å²) < 4.78 is 28.1. The number of nitrogen functional groups attached to an aromatic ring is 1. The zero-order valence-electron chi connectivity index (χ0n) is 10.5. The van der Waals surface area contributed by atoms with E-state index in [2.05, 4.69) is 19.8 Å². The van der Waals surface area contributed by atoms with Gasteiger partial charge in [0.2, 0.25) is 5.95 Å². The van der Waals surface area contributed by atoms with Gasteiger partial charge in [-0.25, -0.2) is 18.4 Å². The van der Waals surface area contributed by atoms with Crippen molar-refractivity contribution in [3.8, 4) is 0 Å². The molecule has 2 aromatic heterocycles. The molecule has 9 heteroatoms. The highest BCUT2D eigenvalue weighted by Gasteiger charge is 2.16. The Morgan fingerprint density at radius 1 is 1.26 bits per heavy atom. The van der Waals surface area contributed by atoms with E-state index >= 15 is 0 Å². The van der Waals surface area contributed by atoms with E-state index in [4.69, 9.17) is 5.73 Å². The van der Waals surface area contributed by atoms with E-state index in [1.165, 1.54) is 6.20 Å². The van der Waals surface area contributed by atoms with E-state index < -0.39 is 10.0 Å². The predicted octanol–water partition coefficient (Wildman–Crippen LogP) is 0.637. The summed E-state index contributed by atoms with van der Waals surface area (Å²) in [6, 6.07) is 0.151. The first kappa shape index (κ1) is 13.3. The Morgan fingerprint density at radius 2 is 1.89 bits per heavy atom. The van der Waals surface area contributed by atoms with Crippen LogP contribution in [0.25, 0.3) is 0 Å². The molecule has 0 aromatic carbocycles. The van der Waals surface area contributed by atoms with E-state index in [0.29, 0.717) is 5.69 Å². The number of hydrogen-bond acceptors (Lipinski definition) is 6. The highest BCUT2D eigenvalue weighted by atomic mass is 32.2. The van der Waals surface area contributed by atoms with Gasteiger partial charge < -0.3 is 5.73 Å². The van der Waals surface area contributed by atoms with Gasteiger partial charge in [-0.15, -0.1) is 0 Å². The van der Waals surface area contributed by atoms with Crippen LogP contribution in [-0.4, -0.2) is 28.2 Å². The Balaban J connectivity index is 2.23. The fourth-order valence-corrected chi connectivity index (χ4v) is 2.27. The highest BCUT2D eigenvalue weighted by molar-refractivity contribution is 7.92. The minimum Gasteiger partial charge on any atom is -0.368 e. The summed E-state index contributed by atoms with van der Waals surface area (Å²) in [6.45, 7) is 3.89. The van der Waals surface area contributed by atoms with Gasteiger partial charge in [0.15, 0.2) is 0 Å². The molecule has 3 N–H and O–H groups in total. The SMILES string of the molecule is CC(C)n1cc(NS(=O)(=O)c2cnc(N)nc2)cn1. The maximum atomic E-state index is 12.0. The zero-order chi connectivity index (χ0) is 14.0. The molecular weight excluding hydrogens is 268 g/mol. The van der Waals surface area contributed by atoms with Gasteiger partial charge >= 0.3 is 0 Å². The van der Waals surface area contributed by atoms with Crippen LogP contribution in [0, 0.1) is 0 Å². The van der Waals surface area contributed by atoms with Crippen LogP contribution in [0.5, 0.6) is 0 Å². The number of rotatable bonds is 4. The second-order valence-corrected chi connectivity index (χ2v) is 5.87. The topological polar surface area (TPSA) is 116 Å². The molecule has 0 fully saturated rings. The van der Waals surface area contributed by atoms with Crippen molar-refractivity contribution in [1.82, 2.24) is 19.7 Å². The van der Waals surface area contributed by atoms with Gasteiger partial charge in [-0.3, -0.25) is 9.40 Å². The average Bonchev–Trinajstić information content (AvgIpc) is 2.77. The first-order chi connectivity index (χ1) is 8.88. The van der Waals surface area contributed by atoms with Gasteiger partial charge in [-0.2, -0.15) is 5.10 Å². The smallest absolute Gasteiger partial charge is 0.265 e. The van der Waals surface area contributed by atoms with Crippen LogP contribution in [0.4, 0.5) is 11.6 Å². The summed E-state index contributed by atoms with van der Waals surface area (Å²) in [7, 11) is -3.73. The second-order valence-electron chi connectivity index (χ2n) is 4.19. The van der Waals surface area contributed by atoms with Crippen molar-refractivity contribution in [2.75, 3.05) is 10.5 Å². The molecule has 0 saturated heterocycles. The molecular formula is C10H14N6O2S. The molecule has 102 valence electrons. The van der Waals surface area contributed by atoms with Gasteiger partial charge in [-0.1, -0.05) is 0 Å². The zero-order valence-corrected chi connectivity index (χ0v) is 11.3. The predicted molar refractivity (Wildman–Crippen MR) is 69.9 cm³/mol. The lowest BCUT2D eigenvalue weighted by Crippen LogP contribution is -2.13. The van der Waals surface area contributed by atoms with Crippen LogP contribution in [0.2, 0.25) is 0 Å². The minimum absolute atomic E-state index is 0.0200. The van der Waals surface area contributed by atoms with Gasteiger partial charge in [-0.05, 0) is 13.8 Å². The van der Waals surface area contributed by atoms with Crippen molar-refractivity contribution in [3.05, 3.63) is 24.8 Å². The molecule has 0 bridgehead atoms. The summed E-state index contributed by atoms with van der Waals surface area (Å²) in [5.41, 5.74) is 5.69. The van der Waals surface area contributed by atoms with E-state index in [-0.39, 0.29) is 16.9 Å². The molecule has 0 unspecified atom stereocenters. The summed E-state index contributed by atoms with van der Waals surface area (Å²) >= 11 is 0. The molecule has 2 heterocycles. The van der Waals surface area contributed by atoms with Crippen molar-refractivity contribution in [2.45, 2.75) is 24.8 Å². The van der Waals surface area contributed by atoms with Crippen LogP contribution in [0.3, 0.4) is 0 Å². The molecule has 0 aliphatic rings. The average molecular weight is 282 g/mol. The van der Waals surface area contributed by atoms with Crippen molar-refractivity contribution in [2.24, 2.45) is 0 Å². The molecule has 2 aromatic rings. The normalized spacial score (nSPS) is 11.7. The molecule has 8 nitrogen and oxygen atoms in total. The largest absolute Gasteiger partial charge is 0.368 e. The highest BCUT2D eigenvalue weighted by Crippen LogP contribution is 2.15. The number of sulfonamides is 1. The molecule has 0 aliphatic heterocycles. The maximum Gasteiger partial charge on any atom is 0.265 e. The Bertz CT molecular complexity index is 662. The summed E-state index contributed by atoms with van der Waals surface area (Å²) in [4.78, 5) is 7.24. The standard InChI is InChI=1S/C10H14N6O2S/c1-7(2)16-6-8(3-14-16)15-19(17,18)9-4-12-10(11)13-5-9/h3-7,15H,1-2H3,(H2,11,12,13). The summed E-state index contributed by atoms with van der Waals surface area (Å²) in [6.07, 6.45) is 5.35. The number of nitrogens with two attached hydrogens (primary N) is 1. The lowest BCUT2D eigenvalue weighted by atomic mass is 10.4. The van der Waals surface area contributed by atoms with Crippen molar-refractivity contribution in [3.63, 3.8) is 0 Å². The monoisotopic (exact) mass is 282 g/mol. The first-order valence-electron chi connectivity index (χ1n) is 5.53. The van der Waals surface area contributed by atoms with Crippen LogP contribution < -0.4 is 10.5 Å². The van der Waals surface area contributed by atoms with Crippen molar-refractivity contribution in [1.29, 1.82) is 0 Å². The van der Waals surface area contributed by atoms with Gasteiger partial charge in [0, 0.05) is 12.2 Å². The molecule has 2 rings (SSSR count). The summed E-state index contributed by atoms with van der Waals surface area (Å²) in [5, 5.41) is 4.05. The summed E-state index contributed by atoms with van der Waals surface area (Å²) in [5.74, 6) is 0.0200. The Morgan fingerprint density at radius 3 is 2.42 bits per heavy atom. The number of nitrogens with zero attached hydrogens (tertiary/aromatic N) is 4. The number of anilines is 2. The van der Waals surface area contributed by atoms with Gasteiger partial charge in [0.1, 0.15) is 4.90 Å². The molecule has 19 heavy (non-hydrogen) atoms. The molecule has 0 radical (unpaired) electrons. The Kier molecular flexibility index (Phi) is 3.38. The number of nitrogens with one attached hydrogen (secondary N) is 1. The Hall–Kier alpha value is -2.16. The van der Waals surface area contributed by atoms with Crippen LogP contribution >= 0.6 is 0 Å². The van der Waals surface area contributed by atoms with E-state index in [1.807, 2.05) is 13.8 Å². The number of aromatic nitrogens is 4.